The van der Waals surface area contributed by atoms with Crippen LogP contribution in [-0.2, 0) is 4.79 Å². The fourth-order valence-corrected chi connectivity index (χ4v) is 4.26. The normalized spacial score (nSPS) is 12.4. The molecule has 0 aliphatic carbocycles. The zero-order valence-electron chi connectivity index (χ0n) is 17.8. The van der Waals surface area contributed by atoms with Crippen LogP contribution in [0.2, 0.25) is 0 Å². The smallest absolute Gasteiger partial charge is 0.224 e. The van der Waals surface area contributed by atoms with Gasteiger partial charge in [0, 0.05) is 28.7 Å². The first-order valence-corrected chi connectivity index (χ1v) is 10.9. The molecule has 158 valence electrons. The first-order chi connectivity index (χ1) is 14.2. The number of hydrogen-bond donors (Lipinski definition) is 2. The lowest BCUT2D eigenvalue weighted by molar-refractivity contribution is -0.117. The average Bonchev–Trinajstić information content (AvgIpc) is 3.09. The molecule has 2 N–H and O–H groups in total. The van der Waals surface area contributed by atoms with Crippen molar-refractivity contribution in [2.45, 2.75) is 40.5 Å². The second kappa shape index (κ2) is 9.39. The highest BCUT2D eigenvalue weighted by Gasteiger charge is 2.17. The van der Waals surface area contributed by atoms with E-state index in [4.69, 9.17) is 0 Å². The minimum atomic E-state index is -0.290. The zero-order valence-corrected chi connectivity index (χ0v) is 18.6. The third-order valence-corrected chi connectivity index (χ3v) is 5.30. The largest absolute Gasteiger partial charge is 0.331 e. The molecule has 6 heteroatoms. The predicted octanol–water partition coefficient (Wildman–Crippen LogP) is 7.09. The summed E-state index contributed by atoms with van der Waals surface area (Å²) in [6.45, 7) is 8.69. The van der Waals surface area contributed by atoms with E-state index in [1.807, 2.05) is 29.6 Å². The van der Waals surface area contributed by atoms with Crippen molar-refractivity contribution in [3.05, 3.63) is 59.7 Å². The lowest BCUT2D eigenvalue weighted by Gasteiger charge is -2.22. The highest BCUT2D eigenvalue weighted by Crippen LogP contribution is 2.29. The maximum atomic E-state index is 13.3. The maximum Gasteiger partial charge on any atom is 0.224 e. The number of carbonyl (C=O) groups excluding carboxylic acids is 1. The van der Waals surface area contributed by atoms with Crippen LogP contribution in [0.15, 0.2) is 53.9 Å². The molecule has 1 aromatic heterocycles. The third kappa shape index (κ3) is 6.66. The van der Waals surface area contributed by atoms with E-state index in [0.29, 0.717) is 23.2 Å². The summed E-state index contributed by atoms with van der Waals surface area (Å²) in [5, 5.41) is 8.74. The van der Waals surface area contributed by atoms with Gasteiger partial charge in [0.1, 0.15) is 5.82 Å². The van der Waals surface area contributed by atoms with E-state index in [2.05, 4.69) is 43.3 Å². The topological polar surface area (TPSA) is 54.0 Å². The van der Waals surface area contributed by atoms with E-state index in [9.17, 15) is 9.18 Å². The molecular formula is C24H28FN3OS. The van der Waals surface area contributed by atoms with Gasteiger partial charge in [0.2, 0.25) is 5.91 Å². The molecule has 0 bridgehead atoms. The molecule has 0 spiro atoms. The van der Waals surface area contributed by atoms with Gasteiger partial charge in [-0.1, -0.05) is 45.9 Å². The Morgan fingerprint density at radius 1 is 1.13 bits per heavy atom. The van der Waals surface area contributed by atoms with Crippen LogP contribution in [0.1, 0.15) is 40.5 Å². The number of rotatable bonds is 7. The minimum absolute atomic E-state index is 0.0368. The van der Waals surface area contributed by atoms with Crippen molar-refractivity contribution in [2.75, 3.05) is 10.6 Å². The van der Waals surface area contributed by atoms with Crippen LogP contribution in [0.25, 0.3) is 11.3 Å². The standard InChI is InChI=1S/C24H28FN3OS/c1-16(14-24(2,3)4)12-22(29)26-19-10-8-17(9-11-19)21-15-30-23(28-21)27-20-7-5-6-18(25)13-20/h5-11,13,15-16H,12,14H2,1-4H3,(H,26,29)(H,27,28). The summed E-state index contributed by atoms with van der Waals surface area (Å²) >= 11 is 1.46. The maximum absolute atomic E-state index is 13.3. The van der Waals surface area contributed by atoms with Crippen molar-refractivity contribution in [3.63, 3.8) is 0 Å². The molecule has 3 rings (SSSR count). The van der Waals surface area contributed by atoms with Crippen LogP contribution in [-0.4, -0.2) is 10.9 Å². The number of benzene rings is 2. The van der Waals surface area contributed by atoms with Gasteiger partial charge in [-0.2, -0.15) is 0 Å². The van der Waals surface area contributed by atoms with Gasteiger partial charge < -0.3 is 10.6 Å². The van der Waals surface area contributed by atoms with Gasteiger partial charge in [-0.3, -0.25) is 4.79 Å². The number of aromatic nitrogens is 1. The van der Waals surface area contributed by atoms with Crippen molar-refractivity contribution < 1.29 is 9.18 Å². The van der Waals surface area contributed by atoms with Crippen molar-refractivity contribution in [1.29, 1.82) is 0 Å². The number of amides is 1. The highest BCUT2D eigenvalue weighted by molar-refractivity contribution is 7.14. The Balaban J connectivity index is 1.58. The summed E-state index contributed by atoms with van der Waals surface area (Å²) in [6.07, 6.45) is 1.52. The van der Waals surface area contributed by atoms with Crippen LogP contribution in [0.5, 0.6) is 0 Å². The van der Waals surface area contributed by atoms with Gasteiger partial charge in [-0.25, -0.2) is 9.37 Å². The number of halogens is 1. The van der Waals surface area contributed by atoms with E-state index in [0.717, 1.165) is 23.4 Å². The van der Waals surface area contributed by atoms with Gasteiger partial charge >= 0.3 is 0 Å². The van der Waals surface area contributed by atoms with Crippen LogP contribution < -0.4 is 10.6 Å². The molecule has 4 nitrogen and oxygen atoms in total. The van der Waals surface area contributed by atoms with E-state index in [-0.39, 0.29) is 17.1 Å². The monoisotopic (exact) mass is 425 g/mol. The quantitative estimate of drug-likeness (QED) is 0.425. The minimum Gasteiger partial charge on any atom is -0.331 e. The summed E-state index contributed by atoms with van der Waals surface area (Å²) < 4.78 is 13.3. The van der Waals surface area contributed by atoms with Crippen LogP contribution >= 0.6 is 11.3 Å². The molecule has 0 aliphatic rings. The van der Waals surface area contributed by atoms with Gasteiger partial charge in [0.05, 0.1) is 5.69 Å². The molecule has 0 radical (unpaired) electrons. The summed E-state index contributed by atoms with van der Waals surface area (Å²) in [5.74, 6) is 0.0836. The highest BCUT2D eigenvalue weighted by atomic mass is 32.1. The Morgan fingerprint density at radius 3 is 2.53 bits per heavy atom. The third-order valence-electron chi connectivity index (χ3n) is 4.54. The van der Waals surface area contributed by atoms with Gasteiger partial charge in [-0.05, 0) is 48.1 Å². The Hall–Kier alpha value is -2.73. The van der Waals surface area contributed by atoms with Crippen molar-refractivity contribution in [3.8, 4) is 11.3 Å². The zero-order chi connectivity index (χ0) is 21.7. The summed E-state index contributed by atoms with van der Waals surface area (Å²) in [7, 11) is 0. The van der Waals surface area contributed by atoms with Crippen molar-refractivity contribution >= 4 is 33.8 Å². The molecule has 2 aromatic carbocycles. The van der Waals surface area contributed by atoms with Crippen LogP contribution in [0.3, 0.4) is 0 Å². The number of thiazole rings is 1. The van der Waals surface area contributed by atoms with Gasteiger partial charge in [0.25, 0.3) is 0 Å². The first-order valence-electron chi connectivity index (χ1n) is 10.1. The fraction of sp³-hybridized carbons (Fsp3) is 0.333. The summed E-state index contributed by atoms with van der Waals surface area (Å²) in [6, 6.07) is 13.9. The Bertz CT molecular complexity index is 992. The van der Waals surface area contributed by atoms with Gasteiger partial charge in [-0.15, -0.1) is 11.3 Å². The van der Waals surface area contributed by atoms with E-state index < -0.39 is 0 Å². The van der Waals surface area contributed by atoms with E-state index in [1.165, 1.54) is 23.5 Å². The summed E-state index contributed by atoms with van der Waals surface area (Å²) in [5.41, 5.74) is 3.44. The first kappa shape index (κ1) is 22.0. The van der Waals surface area contributed by atoms with Crippen LogP contribution in [0.4, 0.5) is 20.9 Å². The van der Waals surface area contributed by atoms with E-state index in [1.54, 1.807) is 12.1 Å². The Kier molecular flexibility index (Phi) is 6.87. The average molecular weight is 426 g/mol. The second-order valence-corrected chi connectivity index (χ2v) is 9.73. The van der Waals surface area contributed by atoms with Crippen molar-refractivity contribution in [1.82, 2.24) is 4.98 Å². The molecule has 1 heterocycles. The predicted molar refractivity (Wildman–Crippen MR) is 124 cm³/mol. The number of hydrogen-bond acceptors (Lipinski definition) is 4. The second-order valence-electron chi connectivity index (χ2n) is 8.87. The van der Waals surface area contributed by atoms with Crippen LogP contribution in [0, 0.1) is 17.2 Å². The molecule has 30 heavy (non-hydrogen) atoms. The molecule has 0 saturated heterocycles. The number of carbonyl (C=O) groups is 1. The molecule has 0 saturated carbocycles. The lowest BCUT2D eigenvalue weighted by atomic mass is 9.84. The van der Waals surface area contributed by atoms with Crippen molar-refractivity contribution in [2.24, 2.45) is 11.3 Å². The number of nitrogens with one attached hydrogen (secondary N) is 2. The fourth-order valence-electron chi connectivity index (χ4n) is 3.52. The molecule has 1 atom stereocenters. The Labute approximate surface area is 181 Å². The van der Waals surface area contributed by atoms with E-state index >= 15 is 0 Å². The lowest BCUT2D eigenvalue weighted by Crippen LogP contribution is -2.18. The summed E-state index contributed by atoms with van der Waals surface area (Å²) in [4.78, 5) is 16.9. The molecular weight excluding hydrogens is 397 g/mol. The SMILES string of the molecule is CC(CC(=O)Nc1ccc(-c2csc(Nc3cccc(F)c3)n2)cc1)CC(C)(C)C. The molecule has 0 fully saturated rings. The number of anilines is 3. The molecule has 1 unspecified atom stereocenters. The number of nitrogens with zero attached hydrogens (tertiary/aromatic N) is 1. The van der Waals surface area contributed by atoms with Gasteiger partial charge in [0.15, 0.2) is 5.13 Å². The molecule has 3 aromatic rings. The Morgan fingerprint density at radius 2 is 1.87 bits per heavy atom. The molecule has 1 amide bonds. The molecule has 0 aliphatic heterocycles.